The summed E-state index contributed by atoms with van der Waals surface area (Å²) in [5, 5.41) is 3.63. The maximum Gasteiger partial charge on any atom is 0.240 e. The number of carbonyl (C=O) groups is 1. The van der Waals surface area contributed by atoms with Crippen molar-refractivity contribution in [3.8, 4) is 0 Å². The van der Waals surface area contributed by atoms with Crippen molar-refractivity contribution in [2.45, 2.75) is 56.5 Å². The van der Waals surface area contributed by atoms with Crippen LogP contribution in [0.4, 0.5) is 0 Å². The molecule has 3 fully saturated rings. The van der Waals surface area contributed by atoms with E-state index in [9.17, 15) is 4.79 Å². The van der Waals surface area contributed by atoms with E-state index in [0.717, 1.165) is 45.6 Å². The molecule has 2 heterocycles. The molecule has 4 heteroatoms. The lowest BCUT2D eigenvalue weighted by Crippen LogP contribution is -2.48. The van der Waals surface area contributed by atoms with E-state index in [0.29, 0.717) is 11.9 Å². The van der Waals surface area contributed by atoms with E-state index < -0.39 is 0 Å². The minimum absolute atomic E-state index is 0.00865. The molecule has 0 aromatic heterocycles. The number of rotatable bonds is 5. The van der Waals surface area contributed by atoms with Crippen LogP contribution in [0.3, 0.4) is 0 Å². The van der Waals surface area contributed by atoms with Crippen LogP contribution in [-0.4, -0.2) is 49.2 Å². The molecule has 1 saturated carbocycles. The van der Waals surface area contributed by atoms with Gasteiger partial charge in [0.25, 0.3) is 0 Å². The zero-order valence-electron chi connectivity index (χ0n) is 14.6. The first kappa shape index (κ1) is 16.1. The largest absolute Gasteiger partial charge is 0.381 e. The lowest BCUT2D eigenvalue weighted by atomic mass is 9.72. The second-order valence-corrected chi connectivity index (χ2v) is 7.69. The molecule has 0 bridgehead atoms. The Bertz CT molecular complexity index is 605. The van der Waals surface area contributed by atoms with Gasteiger partial charge in [-0.2, -0.15) is 0 Å². The predicted octanol–water partition coefficient (Wildman–Crippen LogP) is 2.40. The van der Waals surface area contributed by atoms with Crippen LogP contribution in [0.1, 0.15) is 43.2 Å². The fourth-order valence-electron chi connectivity index (χ4n) is 4.43. The molecular formula is C20H28N2O2. The maximum atomic E-state index is 12.6. The van der Waals surface area contributed by atoms with E-state index in [4.69, 9.17) is 4.74 Å². The van der Waals surface area contributed by atoms with Gasteiger partial charge in [0.15, 0.2) is 0 Å². The SMILES string of the molecule is Cc1ccccc1C1(CN[C@@H]2CCN(C3CC3)C2=O)CCOCC1. The molecule has 24 heavy (non-hydrogen) atoms. The summed E-state index contributed by atoms with van der Waals surface area (Å²) < 4.78 is 5.63. The Kier molecular flexibility index (Phi) is 4.35. The van der Waals surface area contributed by atoms with Crippen LogP contribution in [0.2, 0.25) is 0 Å². The Morgan fingerprint density at radius 2 is 1.96 bits per heavy atom. The summed E-state index contributed by atoms with van der Waals surface area (Å²) in [5.41, 5.74) is 2.86. The molecule has 1 N–H and O–H groups in total. The number of aryl methyl sites for hydroxylation is 1. The van der Waals surface area contributed by atoms with Crippen molar-refractivity contribution in [1.82, 2.24) is 10.2 Å². The summed E-state index contributed by atoms with van der Waals surface area (Å²) in [6.07, 6.45) is 5.40. The summed E-state index contributed by atoms with van der Waals surface area (Å²) in [5.74, 6) is 0.324. The Balaban J connectivity index is 1.49. The van der Waals surface area contributed by atoms with E-state index in [1.807, 2.05) is 0 Å². The Labute approximate surface area is 144 Å². The van der Waals surface area contributed by atoms with Crippen molar-refractivity contribution in [2.24, 2.45) is 0 Å². The number of benzene rings is 1. The number of ether oxygens (including phenoxy) is 1. The average Bonchev–Trinajstić information content (AvgIpc) is 3.38. The van der Waals surface area contributed by atoms with Gasteiger partial charge in [-0.05, 0) is 50.2 Å². The van der Waals surface area contributed by atoms with Crippen LogP contribution in [0.5, 0.6) is 0 Å². The molecule has 0 radical (unpaired) electrons. The highest BCUT2D eigenvalue weighted by Gasteiger charge is 2.42. The topological polar surface area (TPSA) is 41.6 Å². The van der Waals surface area contributed by atoms with Gasteiger partial charge in [0.1, 0.15) is 0 Å². The summed E-state index contributed by atoms with van der Waals surface area (Å²) in [6, 6.07) is 9.24. The van der Waals surface area contributed by atoms with Crippen LogP contribution >= 0.6 is 0 Å². The third-order valence-corrected chi connectivity index (χ3v) is 6.08. The van der Waals surface area contributed by atoms with Crippen molar-refractivity contribution in [1.29, 1.82) is 0 Å². The van der Waals surface area contributed by atoms with Gasteiger partial charge in [-0.25, -0.2) is 0 Å². The maximum absolute atomic E-state index is 12.6. The molecule has 4 nitrogen and oxygen atoms in total. The lowest BCUT2D eigenvalue weighted by Gasteiger charge is -2.39. The molecule has 130 valence electrons. The zero-order valence-corrected chi connectivity index (χ0v) is 14.6. The van der Waals surface area contributed by atoms with Gasteiger partial charge in [0.05, 0.1) is 6.04 Å². The Morgan fingerprint density at radius 1 is 1.21 bits per heavy atom. The van der Waals surface area contributed by atoms with Gasteiger partial charge in [0, 0.05) is 37.8 Å². The number of nitrogens with one attached hydrogen (secondary N) is 1. The summed E-state index contributed by atoms with van der Waals surface area (Å²) in [7, 11) is 0. The molecule has 1 atom stereocenters. The molecule has 0 unspecified atom stereocenters. The van der Waals surface area contributed by atoms with E-state index in [1.54, 1.807) is 0 Å². The monoisotopic (exact) mass is 328 g/mol. The molecule has 3 aliphatic rings. The first-order valence-corrected chi connectivity index (χ1v) is 9.37. The number of hydrogen-bond donors (Lipinski definition) is 1. The smallest absolute Gasteiger partial charge is 0.240 e. The van der Waals surface area contributed by atoms with E-state index >= 15 is 0 Å². The van der Waals surface area contributed by atoms with Crippen LogP contribution in [0, 0.1) is 6.92 Å². The number of hydrogen-bond acceptors (Lipinski definition) is 3. The molecule has 1 aromatic rings. The van der Waals surface area contributed by atoms with Gasteiger partial charge in [-0.1, -0.05) is 24.3 Å². The lowest BCUT2D eigenvalue weighted by molar-refractivity contribution is -0.130. The molecule has 1 amide bonds. The number of nitrogens with zero attached hydrogens (tertiary/aromatic N) is 1. The first-order valence-electron chi connectivity index (χ1n) is 9.37. The van der Waals surface area contributed by atoms with Gasteiger partial charge in [-0.3, -0.25) is 4.79 Å². The van der Waals surface area contributed by atoms with Crippen molar-refractivity contribution < 1.29 is 9.53 Å². The summed E-state index contributed by atoms with van der Waals surface area (Å²) >= 11 is 0. The van der Waals surface area contributed by atoms with E-state index in [1.165, 1.54) is 24.0 Å². The normalized spacial score (nSPS) is 26.8. The highest BCUT2D eigenvalue weighted by Crippen LogP contribution is 2.37. The highest BCUT2D eigenvalue weighted by molar-refractivity contribution is 5.84. The van der Waals surface area contributed by atoms with Crippen molar-refractivity contribution in [2.75, 3.05) is 26.3 Å². The van der Waals surface area contributed by atoms with Crippen molar-refractivity contribution in [3.63, 3.8) is 0 Å². The number of amides is 1. The molecule has 4 rings (SSSR count). The molecule has 1 aliphatic carbocycles. The summed E-state index contributed by atoms with van der Waals surface area (Å²) in [4.78, 5) is 14.7. The molecule has 0 spiro atoms. The highest BCUT2D eigenvalue weighted by atomic mass is 16.5. The standard InChI is InChI=1S/C20H28N2O2/c1-15-4-2-3-5-17(15)20(9-12-24-13-10-20)14-21-18-8-11-22(19(18)23)16-6-7-16/h2-5,16,18,21H,6-14H2,1H3/t18-/m1/s1. The molecule has 1 aromatic carbocycles. The van der Waals surface area contributed by atoms with Crippen molar-refractivity contribution in [3.05, 3.63) is 35.4 Å². The fraction of sp³-hybridized carbons (Fsp3) is 0.650. The minimum Gasteiger partial charge on any atom is -0.381 e. The molecule has 2 aliphatic heterocycles. The van der Waals surface area contributed by atoms with Gasteiger partial charge < -0.3 is 15.0 Å². The van der Waals surface area contributed by atoms with Gasteiger partial charge in [0.2, 0.25) is 5.91 Å². The second kappa shape index (κ2) is 6.49. The first-order chi connectivity index (χ1) is 11.7. The summed E-state index contributed by atoms with van der Waals surface area (Å²) in [6.45, 7) is 5.62. The van der Waals surface area contributed by atoms with Crippen LogP contribution < -0.4 is 5.32 Å². The Hall–Kier alpha value is -1.39. The van der Waals surface area contributed by atoms with E-state index in [-0.39, 0.29) is 11.5 Å². The van der Waals surface area contributed by atoms with Gasteiger partial charge in [-0.15, -0.1) is 0 Å². The molecule has 2 saturated heterocycles. The van der Waals surface area contributed by atoms with Crippen LogP contribution in [0.15, 0.2) is 24.3 Å². The van der Waals surface area contributed by atoms with Gasteiger partial charge >= 0.3 is 0 Å². The third kappa shape index (κ3) is 2.98. The Morgan fingerprint density at radius 3 is 2.67 bits per heavy atom. The van der Waals surface area contributed by atoms with Crippen LogP contribution in [-0.2, 0) is 14.9 Å². The average molecular weight is 328 g/mol. The number of carbonyl (C=O) groups excluding carboxylic acids is 1. The predicted molar refractivity (Wildman–Crippen MR) is 94.1 cm³/mol. The third-order valence-electron chi connectivity index (χ3n) is 6.08. The number of likely N-dealkylation sites (tertiary alicyclic amines) is 1. The van der Waals surface area contributed by atoms with Crippen molar-refractivity contribution >= 4 is 5.91 Å². The van der Waals surface area contributed by atoms with E-state index in [2.05, 4.69) is 41.4 Å². The minimum atomic E-state index is 0.00865. The zero-order chi connectivity index (χ0) is 16.6. The fourth-order valence-corrected chi connectivity index (χ4v) is 4.43. The van der Waals surface area contributed by atoms with Crippen LogP contribution in [0.25, 0.3) is 0 Å². The quantitative estimate of drug-likeness (QED) is 0.902. The second-order valence-electron chi connectivity index (χ2n) is 7.69. The molecular weight excluding hydrogens is 300 g/mol.